The second-order valence-corrected chi connectivity index (χ2v) is 12.5. The minimum atomic E-state index is -4.01. The molecule has 198 valence electrons. The molecule has 0 bridgehead atoms. The minimum Gasteiger partial charge on any atom is -0.354 e. The van der Waals surface area contributed by atoms with E-state index in [0.717, 1.165) is 10.6 Å². The molecule has 0 aliphatic heterocycles. The lowest BCUT2D eigenvalue weighted by Crippen LogP contribution is -2.51. The quantitative estimate of drug-likeness (QED) is 0.336. The van der Waals surface area contributed by atoms with Crippen LogP contribution in [0.15, 0.2) is 30.3 Å². The monoisotopic (exact) mass is 615 g/mol. The maximum absolute atomic E-state index is 13.6. The smallest absolute Gasteiger partial charge is 0.244 e. The number of hydrogen-bond acceptors (Lipinski definition) is 4. The van der Waals surface area contributed by atoms with Gasteiger partial charge in [0.05, 0.1) is 27.0 Å². The van der Waals surface area contributed by atoms with Crippen molar-refractivity contribution in [2.75, 3.05) is 23.7 Å². The average molecular weight is 618 g/mol. The Morgan fingerprint density at radius 3 is 2.00 bits per heavy atom. The predicted octanol–water partition coefficient (Wildman–Crippen LogP) is 5.91. The second kappa shape index (κ2) is 12.9. The zero-order valence-corrected chi connectivity index (χ0v) is 24.6. The Kier molecular flexibility index (Phi) is 11.0. The summed E-state index contributed by atoms with van der Waals surface area (Å²) in [5.74, 6) is -0.926. The summed E-state index contributed by atoms with van der Waals surface area (Å²) >= 11 is 30.9. The molecule has 2 aromatic rings. The second-order valence-electron chi connectivity index (χ2n) is 8.52. The first kappa shape index (κ1) is 30.8. The van der Waals surface area contributed by atoms with Crippen LogP contribution in [0.4, 0.5) is 5.69 Å². The van der Waals surface area contributed by atoms with E-state index in [1.165, 1.54) is 24.0 Å². The van der Waals surface area contributed by atoms with Crippen LogP contribution in [0.5, 0.6) is 0 Å². The van der Waals surface area contributed by atoms with Crippen molar-refractivity contribution >= 4 is 85.5 Å². The Morgan fingerprint density at radius 2 is 1.47 bits per heavy atom. The molecule has 0 spiro atoms. The molecule has 0 radical (unpaired) electrons. The van der Waals surface area contributed by atoms with Crippen LogP contribution in [0.25, 0.3) is 0 Å². The lowest BCUT2D eigenvalue weighted by molar-refractivity contribution is -0.139. The van der Waals surface area contributed by atoms with Crippen LogP contribution in [0.3, 0.4) is 0 Å². The van der Waals surface area contributed by atoms with Gasteiger partial charge in [-0.2, -0.15) is 0 Å². The first-order valence-electron chi connectivity index (χ1n) is 10.8. The Morgan fingerprint density at radius 1 is 0.917 bits per heavy atom. The first-order chi connectivity index (χ1) is 16.6. The van der Waals surface area contributed by atoms with E-state index >= 15 is 0 Å². The van der Waals surface area contributed by atoms with Gasteiger partial charge < -0.3 is 10.2 Å². The lowest BCUT2D eigenvalue weighted by Gasteiger charge is -2.32. The summed E-state index contributed by atoms with van der Waals surface area (Å²) < 4.78 is 26.2. The molecule has 0 aliphatic rings. The van der Waals surface area contributed by atoms with Crippen LogP contribution in [0.2, 0.25) is 25.1 Å². The highest BCUT2D eigenvalue weighted by Crippen LogP contribution is 2.36. The molecular weight excluding hydrogens is 592 g/mol. The van der Waals surface area contributed by atoms with Gasteiger partial charge in [0.2, 0.25) is 21.8 Å². The van der Waals surface area contributed by atoms with E-state index in [9.17, 15) is 18.0 Å². The van der Waals surface area contributed by atoms with E-state index in [-0.39, 0.29) is 33.2 Å². The van der Waals surface area contributed by atoms with Crippen LogP contribution in [-0.4, -0.2) is 50.5 Å². The molecule has 2 rings (SSSR count). The molecule has 1 atom stereocenters. The molecular formula is C23H26Cl5N3O4S. The standard InChI is InChI=1S/C23H26Cl5N3O4S/c1-13(2)10-29-23(33)14(3)30(11-15-16(24)6-5-7-17(15)25)22(32)12-31(36(4,34)35)21-9-19(27)18(26)8-20(21)28/h5-9,13-14H,10-12H2,1-4H3,(H,29,33). The van der Waals surface area contributed by atoms with E-state index in [1.807, 2.05) is 13.8 Å². The number of rotatable bonds is 10. The number of amides is 2. The Labute approximate surface area is 236 Å². The van der Waals surface area contributed by atoms with Crippen molar-refractivity contribution in [2.45, 2.75) is 33.4 Å². The van der Waals surface area contributed by atoms with Gasteiger partial charge in [-0.3, -0.25) is 13.9 Å². The van der Waals surface area contributed by atoms with Crippen molar-refractivity contribution < 1.29 is 18.0 Å². The van der Waals surface area contributed by atoms with Crippen molar-refractivity contribution in [1.82, 2.24) is 10.2 Å². The summed E-state index contributed by atoms with van der Waals surface area (Å²) in [6.07, 6.45) is 0.924. The summed E-state index contributed by atoms with van der Waals surface area (Å²) in [5.41, 5.74) is 0.380. The fourth-order valence-electron chi connectivity index (χ4n) is 3.19. The van der Waals surface area contributed by atoms with E-state index in [2.05, 4.69) is 5.32 Å². The van der Waals surface area contributed by atoms with Crippen molar-refractivity contribution in [2.24, 2.45) is 5.92 Å². The maximum atomic E-state index is 13.6. The zero-order chi connectivity index (χ0) is 27.4. The number of carbonyl (C=O) groups is 2. The zero-order valence-electron chi connectivity index (χ0n) is 20.0. The third kappa shape index (κ3) is 8.04. The topological polar surface area (TPSA) is 86.8 Å². The van der Waals surface area contributed by atoms with Gasteiger partial charge in [0.15, 0.2) is 0 Å². The Hall–Kier alpha value is -1.42. The lowest BCUT2D eigenvalue weighted by atomic mass is 10.1. The summed E-state index contributed by atoms with van der Waals surface area (Å²) in [7, 11) is -4.01. The Bertz CT molecular complexity index is 1220. The highest BCUT2D eigenvalue weighted by molar-refractivity contribution is 7.92. The number of halogens is 5. The van der Waals surface area contributed by atoms with Crippen molar-refractivity contribution in [3.05, 3.63) is 61.0 Å². The normalized spacial score (nSPS) is 12.4. The third-order valence-corrected chi connectivity index (χ3v) is 8.04. The summed E-state index contributed by atoms with van der Waals surface area (Å²) in [6, 6.07) is 6.42. The number of carbonyl (C=O) groups excluding carboxylic acids is 2. The van der Waals surface area contributed by atoms with Crippen LogP contribution >= 0.6 is 58.0 Å². The summed E-state index contributed by atoms with van der Waals surface area (Å²) in [4.78, 5) is 27.7. The van der Waals surface area contributed by atoms with Gasteiger partial charge >= 0.3 is 0 Å². The molecule has 0 aliphatic carbocycles. The van der Waals surface area contributed by atoms with Gasteiger partial charge in [-0.05, 0) is 37.1 Å². The van der Waals surface area contributed by atoms with Gasteiger partial charge in [-0.15, -0.1) is 0 Å². The molecule has 0 saturated carbocycles. The molecule has 13 heteroatoms. The van der Waals surface area contributed by atoms with E-state index in [0.29, 0.717) is 22.2 Å². The number of benzene rings is 2. The fourth-order valence-corrected chi connectivity index (χ4v) is 5.25. The first-order valence-corrected chi connectivity index (χ1v) is 14.5. The van der Waals surface area contributed by atoms with E-state index in [1.54, 1.807) is 18.2 Å². The number of nitrogens with one attached hydrogen (secondary N) is 1. The van der Waals surface area contributed by atoms with Crippen LogP contribution in [-0.2, 0) is 26.2 Å². The summed E-state index contributed by atoms with van der Waals surface area (Å²) in [6.45, 7) is 4.99. The third-order valence-electron chi connectivity index (χ3n) is 5.18. The molecule has 1 unspecified atom stereocenters. The molecule has 0 saturated heterocycles. The largest absolute Gasteiger partial charge is 0.354 e. The van der Waals surface area contributed by atoms with Crippen LogP contribution < -0.4 is 9.62 Å². The number of nitrogens with zero attached hydrogens (tertiary/aromatic N) is 2. The van der Waals surface area contributed by atoms with Gasteiger partial charge in [0.25, 0.3) is 0 Å². The number of hydrogen-bond donors (Lipinski definition) is 1. The minimum absolute atomic E-state index is 0.0222. The van der Waals surface area contributed by atoms with E-state index in [4.69, 9.17) is 58.0 Å². The average Bonchev–Trinajstić information content (AvgIpc) is 2.77. The SMILES string of the molecule is CC(C)CNC(=O)C(C)N(Cc1c(Cl)cccc1Cl)C(=O)CN(c1cc(Cl)c(Cl)cc1Cl)S(C)(=O)=O. The highest BCUT2D eigenvalue weighted by Gasteiger charge is 2.32. The van der Waals surface area contributed by atoms with E-state index < -0.39 is 34.4 Å². The number of anilines is 1. The molecule has 0 aromatic heterocycles. The fraction of sp³-hybridized carbons (Fsp3) is 0.391. The van der Waals surface area contributed by atoms with Crippen molar-refractivity contribution in [3.63, 3.8) is 0 Å². The predicted molar refractivity (Wildman–Crippen MR) is 148 cm³/mol. The van der Waals surface area contributed by atoms with Gasteiger partial charge in [0, 0.05) is 28.7 Å². The van der Waals surface area contributed by atoms with Gasteiger partial charge in [-0.25, -0.2) is 8.42 Å². The molecule has 1 N–H and O–H groups in total. The molecule has 36 heavy (non-hydrogen) atoms. The van der Waals surface area contributed by atoms with Crippen molar-refractivity contribution in [3.8, 4) is 0 Å². The molecule has 2 amide bonds. The van der Waals surface area contributed by atoms with Crippen LogP contribution in [0, 0.1) is 5.92 Å². The van der Waals surface area contributed by atoms with Gasteiger partial charge in [0.1, 0.15) is 12.6 Å². The van der Waals surface area contributed by atoms with Crippen molar-refractivity contribution in [1.29, 1.82) is 0 Å². The molecule has 7 nitrogen and oxygen atoms in total. The molecule has 0 heterocycles. The highest BCUT2D eigenvalue weighted by atomic mass is 35.5. The summed E-state index contributed by atoms with van der Waals surface area (Å²) in [5, 5.41) is 3.53. The molecule has 0 fully saturated rings. The van der Waals surface area contributed by atoms with Gasteiger partial charge in [-0.1, -0.05) is 77.9 Å². The number of sulfonamides is 1. The van der Waals surface area contributed by atoms with Crippen LogP contribution in [0.1, 0.15) is 26.3 Å². The maximum Gasteiger partial charge on any atom is 0.244 e. The Balaban J connectivity index is 2.50. The molecule has 2 aromatic carbocycles.